The highest BCUT2D eigenvalue weighted by atomic mass is 32.2. The summed E-state index contributed by atoms with van der Waals surface area (Å²) < 4.78 is 52.0. The number of benzene rings is 2. The minimum absolute atomic E-state index is 0.00666. The summed E-state index contributed by atoms with van der Waals surface area (Å²) in [7, 11) is -2.71. The molecule has 0 spiro atoms. The number of ether oxygens (including phenoxy) is 4. The van der Waals surface area contributed by atoms with E-state index in [1.54, 1.807) is 42.5 Å². The lowest BCUT2D eigenvalue weighted by molar-refractivity contribution is -0.141. The Labute approximate surface area is 244 Å². The van der Waals surface area contributed by atoms with E-state index < -0.39 is 16.0 Å². The van der Waals surface area contributed by atoms with Gasteiger partial charge < -0.3 is 18.9 Å². The lowest BCUT2D eigenvalue weighted by Gasteiger charge is -2.20. The summed E-state index contributed by atoms with van der Waals surface area (Å²) in [5.74, 6) is -0.343. The van der Waals surface area contributed by atoms with Crippen LogP contribution in [0.15, 0.2) is 71.9 Å². The Morgan fingerprint density at radius 2 is 1.55 bits per heavy atom. The maximum Gasteiger partial charge on any atom is 0.302 e. The molecule has 4 aromatic rings. The summed E-state index contributed by atoms with van der Waals surface area (Å²) in [6, 6.07) is 14.9. The van der Waals surface area contributed by atoms with Crippen LogP contribution in [0.4, 0.5) is 5.82 Å². The number of methoxy groups -OCH3 is 1. The molecule has 42 heavy (non-hydrogen) atoms. The van der Waals surface area contributed by atoms with E-state index in [-0.39, 0.29) is 58.4 Å². The highest BCUT2D eigenvalue weighted by Gasteiger charge is 2.26. The van der Waals surface area contributed by atoms with Crippen LogP contribution < -0.4 is 18.9 Å². The summed E-state index contributed by atoms with van der Waals surface area (Å²) in [5, 5.41) is 0. The van der Waals surface area contributed by atoms with Crippen molar-refractivity contribution in [2.24, 2.45) is 0 Å². The normalized spacial score (nSPS) is 11.5. The third kappa shape index (κ3) is 7.49. The maximum absolute atomic E-state index is 13.6. The van der Waals surface area contributed by atoms with Crippen molar-refractivity contribution in [2.45, 2.75) is 38.0 Å². The van der Waals surface area contributed by atoms with E-state index in [1.165, 1.54) is 38.6 Å². The van der Waals surface area contributed by atoms with Gasteiger partial charge in [0.05, 0.1) is 12.0 Å². The molecule has 0 aliphatic carbocycles. The lowest BCUT2D eigenvalue weighted by Crippen LogP contribution is -2.18. The predicted octanol–water partition coefficient (Wildman–Crippen LogP) is 4.77. The van der Waals surface area contributed by atoms with Gasteiger partial charge >= 0.3 is 5.97 Å². The van der Waals surface area contributed by atoms with Crippen LogP contribution in [0.25, 0.3) is 11.6 Å². The largest absolute Gasteiger partial charge is 0.493 e. The molecule has 0 atom stereocenters. The van der Waals surface area contributed by atoms with Crippen LogP contribution in [-0.2, 0) is 25.0 Å². The Morgan fingerprint density at radius 3 is 2.17 bits per heavy atom. The number of para-hydroxylation sites is 2. The number of nitrogens with one attached hydrogen (secondary N) is 1. The van der Waals surface area contributed by atoms with Crippen LogP contribution in [-0.4, -0.2) is 54.6 Å². The van der Waals surface area contributed by atoms with E-state index in [2.05, 4.69) is 24.7 Å². The van der Waals surface area contributed by atoms with E-state index in [9.17, 15) is 13.2 Å². The molecule has 0 saturated carbocycles. The zero-order valence-corrected chi connectivity index (χ0v) is 24.6. The summed E-state index contributed by atoms with van der Waals surface area (Å²) in [6.07, 6.45) is 2.99. The molecule has 0 aliphatic rings. The molecule has 0 bridgehead atoms. The van der Waals surface area contributed by atoms with Gasteiger partial charge in [0, 0.05) is 19.3 Å². The van der Waals surface area contributed by atoms with Gasteiger partial charge in [0.2, 0.25) is 11.6 Å². The molecule has 220 valence electrons. The van der Waals surface area contributed by atoms with E-state index >= 15 is 0 Å². The molecular formula is C29H31N5O7S. The first-order valence-electron chi connectivity index (χ1n) is 12.9. The summed E-state index contributed by atoms with van der Waals surface area (Å²) >= 11 is 0. The van der Waals surface area contributed by atoms with Gasteiger partial charge in [-0.05, 0) is 41.3 Å². The minimum Gasteiger partial charge on any atom is -0.493 e. The topological polar surface area (TPSA) is 152 Å². The number of anilines is 1. The average Bonchev–Trinajstić information content (AvgIpc) is 2.96. The minimum atomic E-state index is -4.18. The molecule has 13 heteroatoms. The third-order valence-corrected chi connectivity index (χ3v) is 7.13. The standard InChI is InChI=1S/C29H31N5O7S/c1-19(35)39-17-18-40-28-24(41-23-10-7-6-9-22(23)38-5)25(32-27(33-28)26-30-15-8-16-31-26)34-42(36,37)21-13-11-20(12-14-21)29(2,3)4/h6-16H,17-18H2,1-5H3,(H,32,33,34). The van der Waals surface area contributed by atoms with Crippen molar-refractivity contribution in [2.75, 3.05) is 25.0 Å². The number of nitrogens with zero attached hydrogens (tertiary/aromatic N) is 4. The van der Waals surface area contributed by atoms with Gasteiger partial charge in [0.15, 0.2) is 23.1 Å². The first-order valence-corrected chi connectivity index (χ1v) is 14.4. The quantitative estimate of drug-likeness (QED) is 0.189. The molecule has 2 aromatic carbocycles. The second-order valence-electron chi connectivity index (χ2n) is 9.92. The van der Waals surface area contributed by atoms with Crippen molar-refractivity contribution in [3.05, 3.63) is 72.6 Å². The predicted molar refractivity (Wildman–Crippen MR) is 154 cm³/mol. The average molecular weight is 594 g/mol. The molecule has 4 rings (SSSR count). The molecule has 1 N–H and O–H groups in total. The molecule has 0 fully saturated rings. The number of carbonyl (C=O) groups excluding carboxylic acids is 1. The second kappa shape index (κ2) is 12.8. The third-order valence-electron chi connectivity index (χ3n) is 5.77. The number of hydrogen-bond donors (Lipinski definition) is 1. The molecular weight excluding hydrogens is 562 g/mol. The fraction of sp³-hybridized carbons (Fsp3) is 0.276. The lowest BCUT2D eigenvalue weighted by atomic mass is 9.87. The highest BCUT2D eigenvalue weighted by Crippen LogP contribution is 2.41. The Balaban J connectivity index is 1.83. The van der Waals surface area contributed by atoms with Crippen LogP contribution in [0, 0.1) is 0 Å². The van der Waals surface area contributed by atoms with Gasteiger partial charge in [-0.1, -0.05) is 45.0 Å². The van der Waals surface area contributed by atoms with E-state index in [4.69, 9.17) is 18.9 Å². The molecule has 0 unspecified atom stereocenters. The van der Waals surface area contributed by atoms with Crippen LogP contribution in [0.2, 0.25) is 0 Å². The number of aromatic nitrogens is 4. The van der Waals surface area contributed by atoms with Crippen molar-refractivity contribution < 1.29 is 32.2 Å². The summed E-state index contributed by atoms with van der Waals surface area (Å²) in [4.78, 5) is 28.5. The molecule has 0 radical (unpaired) electrons. The van der Waals surface area contributed by atoms with Gasteiger partial charge in [-0.2, -0.15) is 4.98 Å². The zero-order chi connectivity index (χ0) is 30.3. The van der Waals surface area contributed by atoms with Gasteiger partial charge in [-0.3, -0.25) is 9.52 Å². The van der Waals surface area contributed by atoms with Crippen molar-refractivity contribution in [3.63, 3.8) is 0 Å². The number of hydrogen-bond acceptors (Lipinski definition) is 11. The molecule has 0 amide bonds. The molecule has 12 nitrogen and oxygen atoms in total. The van der Waals surface area contributed by atoms with Crippen LogP contribution in [0.5, 0.6) is 23.1 Å². The SMILES string of the molecule is COc1ccccc1Oc1c(NS(=O)(=O)c2ccc(C(C)(C)C)cc2)nc(-c2ncccn2)nc1OCCOC(C)=O. The van der Waals surface area contributed by atoms with Crippen LogP contribution in [0.3, 0.4) is 0 Å². The second-order valence-corrected chi connectivity index (χ2v) is 11.6. The van der Waals surface area contributed by atoms with Gasteiger partial charge in [-0.25, -0.2) is 23.4 Å². The molecule has 2 heterocycles. The van der Waals surface area contributed by atoms with Crippen molar-refractivity contribution >= 4 is 21.8 Å². The number of rotatable bonds is 11. The highest BCUT2D eigenvalue weighted by molar-refractivity contribution is 7.92. The van der Waals surface area contributed by atoms with Crippen molar-refractivity contribution in [1.29, 1.82) is 0 Å². The van der Waals surface area contributed by atoms with Crippen LogP contribution in [0.1, 0.15) is 33.3 Å². The van der Waals surface area contributed by atoms with Gasteiger partial charge in [-0.15, -0.1) is 0 Å². The first-order chi connectivity index (χ1) is 20.0. The first kappa shape index (κ1) is 30.2. The zero-order valence-electron chi connectivity index (χ0n) is 23.8. The monoisotopic (exact) mass is 593 g/mol. The van der Waals surface area contributed by atoms with Crippen molar-refractivity contribution in [1.82, 2.24) is 19.9 Å². The van der Waals surface area contributed by atoms with E-state index in [0.717, 1.165) is 5.56 Å². The van der Waals surface area contributed by atoms with E-state index in [1.807, 2.05) is 20.8 Å². The molecule has 0 saturated heterocycles. The fourth-order valence-electron chi connectivity index (χ4n) is 3.66. The Kier molecular flexibility index (Phi) is 9.21. The smallest absolute Gasteiger partial charge is 0.302 e. The summed E-state index contributed by atoms with van der Waals surface area (Å²) in [5.41, 5.74) is 0.803. The summed E-state index contributed by atoms with van der Waals surface area (Å²) in [6.45, 7) is 7.17. The Bertz CT molecular complexity index is 1640. The molecule has 0 aliphatic heterocycles. The molecule has 2 aromatic heterocycles. The van der Waals surface area contributed by atoms with Crippen molar-refractivity contribution in [3.8, 4) is 34.8 Å². The van der Waals surface area contributed by atoms with E-state index in [0.29, 0.717) is 5.75 Å². The Hall–Kier alpha value is -4.78. The fourth-order valence-corrected chi connectivity index (χ4v) is 4.67. The Morgan fingerprint density at radius 1 is 0.881 bits per heavy atom. The number of sulfonamides is 1. The number of esters is 1. The maximum atomic E-state index is 13.6. The van der Waals surface area contributed by atoms with Gasteiger partial charge in [0.1, 0.15) is 13.2 Å². The number of carbonyl (C=O) groups is 1. The van der Waals surface area contributed by atoms with Crippen LogP contribution >= 0.6 is 0 Å². The van der Waals surface area contributed by atoms with Gasteiger partial charge in [0.25, 0.3) is 15.9 Å².